The molecule has 0 unspecified atom stereocenters. The molecule has 4 aromatic rings. The summed E-state index contributed by atoms with van der Waals surface area (Å²) in [6.07, 6.45) is 3.82. The van der Waals surface area contributed by atoms with Crippen LogP contribution in [0.15, 0.2) is 36.8 Å². The molecule has 2 amide bonds. The number of nitrogens with zero attached hydrogens (tertiary/aromatic N) is 5. The van der Waals surface area contributed by atoms with Gasteiger partial charge in [0.15, 0.2) is 5.82 Å². The van der Waals surface area contributed by atoms with Gasteiger partial charge in [0.25, 0.3) is 5.91 Å². The third kappa shape index (κ3) is 6.56. The highest BCUT2D eigenvalue weighted by molar-refractivity contribution is 7.20. The molecular formula is C28H32FN7O4S. The number of halogens is 1. The first kappa shape index (κ1) is 28.3. The molecule has 0 aliphatic carbocycles. The number of amides is 2. The molecular weight excluding hydrogens is 549 g/mol. The van der Waals surface area contributed by atoms with Crippen LogP contribution in [0.3, 0.4) is 0 Å². The number of hydrogen-bond donors (Lipinski definition) is 2. The summed E-state index contributed by atoms with van der Waals surface area (Å²) in [5.41, 5.74) is 0.587. The van der Waals surface area contributed by atoms with E-state index in [1.54, 1.807) is 35.0 Å². The highest BCUT2D eigenvalue weighted by atomic mass is 32.1. The van der Waals surface area contributed by atoms with Crippen LogP contribution >= 0.6 is 11.3 Å². The summed E-state index contributed by atoms with van der Waals surface area (Å²) in [4.78, 5) is 37.1. The Kier molecular flexibility index (Phi) is 7.80. The molecule has 1 saturated heterocycles. The Balaban J connectivity index is 1.37. The van der Waals surface area contributed by atoms with Gasteiger partial charge in [-0.2, -0.15) is 5.10 Å². The Morgan fingerprint density at radius 1 is 1.20 bits per heavy atom. The number of rotatable bonds is 6. The smallest absolute Gasteiger partial charge is 0.410 e. The molecule has 1 atom stereocenters. The quantitative estimate of drug-likeness (QED) is 0.300. The number of likely N-dealkylation sites (tertiary alicyclic amines) is 1. The SMILES string of the molecule is Cc1c(C(=O)Nc2ccn(C)n2)sc2ncnc(Nc3ccc(F)cc3O[C@H]3CCCN(C(=O)OC(C)(C)C)C3)c12. The first-order valence-electron chi connectivity index (χ1n) is 13.2. The van der Waals surface area contributed by atoms with E-state index >= 15 is 0 Å². The summed E-state index contributed by atoms with van der Waals surface area (Å²) in [7, 11) is 1.77. The van der Waals surface area contributed by atoms with Gasteiger partial charge in [-0.3, -0.25) is 9.48 Å². The van der Waals surface area contributed by atoms with Crippen LogP contribution in [0.4, 0.5) is 26.5 Å². The van der Waals surface area contributed by atoms with Gasteiger partial charge < -0.3 is 25.0 Å². The van der Waals surface area contributed by atoms with E-state index < -0.39 is 17.5 Å². The Morgan fingerprint density at radius 2 is 2.00 bits per heavy atom. The molecule has 0 radical (unpaired) electrons. The molecule has 0 saturated carbocycles. The summed E-state index contributed by atoms with van der Waals surface area (Å²) < 4.78 is 27.7. The lowest BCUT2D eigenvalue weighted by Gasteiger charge is -2.34. The average Bonchev–Trinajstić information content (AvgIpc) is 3.47. The molecule has 13 heteroatoms. The van der Waals surface area contributed by atoms with Crippen LogP contribution < -0.4 is 15.4 Å². The number of piperidine rings is 1. The molecule has 4 heterocycles. The van der Waals surface area contributed by atoms with E-state index in [4.69, 9.17) is 9.47 Å². The Labute approximate surface area is 240 Å². The Bertz CT molecular complexity index is 1600. The van der Waals surface area contributed by atoms with Crippen LogP contribution in [0.25, 0.3) is 10.2 Å². The van der Waals surface area contributed by atoms with Crippen molar-refractivity contribution < 1.29 is 23.5 Å². The first-order valence-corrected chi connectivity index (χ1v) is 14.0. The van der Waals surface area contributed by atoms with Crippen molar-refractivity contribution in [2.75, 3.05) is 23.7 Å². The maximum absolute atomic E-state index is 14.4. The lowest BCUT2D eigenvalue weighted by molar-refractivity contribution is 0.00781. The third-order valence-corrected chi connectivity index (χ3v) is 7.61. The number of nitrogens with one attached hydrogen (secondary N) is 2. The fraction of sp³-hybridized carbons (Fsp3) is 0.393. The van der Waals surface area contributed by atoms with Gasteiger partial charge in [-0.15, -0.1) is 11.3 Å². The van der Waals surface area contributed by atoms with Crippen molar-refractivity contribution in [1.29, 1.82) is 0 Å². The van der Waals surface area contributed by atoms with Gasteiger partial charge in [-0.1, -0.05) is 0 Å². The van der Waals surface area contributed by atoms with Crippen LogP contribution in [-0.4, -0.2) is 61.4 Å². The average molecular weight is 582 g/mol. The topological polar surface area (TPSA) is 124 Å². The van der Waals surface area contributed by atoms with E-state index in [1.807, 2.05) is 27.7 Å². The second-order valence-electron chi connectivity index (χ2n) is 10.9. The van der Waals surface area contributed by atoms with Crippen molar-refractivity contribution >= 4 is 50.9 Å². The van der Waals surface area contributed by atoms with Crippen molar-refractivity contribution in [1.82, 2.24) is 24.6 Å². The molecule has 0 bridgehead atoms. The molecule has 11 nitrogen and oxygen atoms in total. The van der Waals surface area contributed by atoms with Gasteiger partial charge in [-0.25, -0.2) is 19.2 Å². The number of ether oxygens (including phenoxy) is 2. The van der Waals surface area contributed by atoms with Crippen molar-refractivity contribution in [2.45, 2.75) is 52.2 Å². The first-order chi connectivity index (χ1) is 19.5. The molecule has 0 spiro atoms. The lowest BCUT2D eigenvalue weighted by Crippen LogP contribution is -2.46. The minimum Gasteiger partial charge on any atom is -0.486 e. The highest BCUT2D eigenvalue weighted by Gasteiger charge is 2.29. The number of thiophene rings is 1. The Morgan fingerprint density at radius 3 is 2.73 bits per heavy atom. The fourth-order valence-electron chi connectivity index (χ4n) is 4.57. The second kappa shape index (κ2) is 11.3. The molecule has 1 aliphatic rings. The normalized spacial score (nSPS) is 15.6. The number of aryl methyl sites for hydroxylation is 2. The van der Waals surface area contributed by atoms with E-state index in [1.165, 1.54) is 29.8 Å². The zero-order valence-corrected chi connectivity index (χ0v) is 24.3. The van der Waals surface area contributed by atoms with Crippen molar-refractivity contribution in [3.05, 3.63) is 53.0 Å². The fourth-order valence-corrected chi connectivity index (χ4v) is 5.61. The van der Waals surface area contributed by atoms with Gasteiger partial charge in [0.2, 0.25) is 0 Å². The van der Waals surface area contributed by atoms with E-state index in [-0.39, 0.29) is 17.8 Å². The third-order valence-electron chi connectivity index (χ3n) is 6.41. The van der Waals surface area contributed by atoms with Crippen molar-refractivity contribution in [2.24, 2.45) is 7.05 Å². The second-order valence-corrected chi connectivity index (χ2v) is 11.9. The van der Waals surface area contributed by atoms with Gasteiger partial charge in [0.1, 0.15) is 40.2 Å². The van der Waals surface area contributed by atoms with E-state index in [9.17, 15) is 14.0 Å². The molecule has 3 aromatic heterocycles. The van der Waals surface area contributed by atoms with Crippen LogP contribution in [0, 0.1) is 12.7 Å². The zero-order chi connectivity index (χ0) is 29.3. The van der Waals surface area contributed by atoms with Gasteiger partial charge in [0, 0.05) is 31.9 Å². The number of carbonyl (C=O) groups excluding carboxylic acids is 2. The molecule has 1 fully saturated rings. The van der Waals surface area contributed by atoms with Crippen LogP contribution in [0.2, 0.25) is 0 Å². The van der Waals surface area contributed by atoms with Crippen LogP contribution in [0.5, 0.6) is 5.75 Å². The summed E-state index contributed by atoms with van der Waals surface area (Å²) in [6, 6.07) is 5.92. The minimum atomic E-state index is -0.605. The van der Waals surface area contributed by atoms with Gasteiger partial charge in [-0.05, 0) is 58.2 Å². The van der Waals surface area contributed by atoms with Gasteiger partial charge in [0.05, 0.1) is 22.5 Å². The predicted molar refractivity (Wildman–Crippen MR) is 154 cm³/mol. The summed E-state index contributed by atoms with van der Waals surface area (Å²) >= 11 is 1.25. The largest absolute Gasteiger partial charge is 0.486 e. The molecule has 1 aliphatic heterocycles. The maximum Gasteiger partial charge on any atom is 0.410 e. The van der Waals surface area contributed by atoms with Crippen molar-refractivity contribution in [3.63, 3.8) is 0 Å². The standard InChI is InChI=1S/C28H32FN7O4S/c1-16-22-24(30-15-31-26(22)41-23(16)25(37)33-21-10-12-35(5)34-21)32-19-9-8-17(29)13-20(19)39-18-7-6-11-36(14-18)27(38)40-28(2,3)4/h8-10,12-13,15,18H,6-7,11,14H2,1-5H3,(H,30,31,32)(H,33,34,37)/t18-/m0/s1. The molecule has 41 heavy (non-hydrogen) atoms. The number of carbonyl (C=O) groups is 2. The summed E-state index contributed by atoms with van der Waals surface area (Å²) in [5.74, 6) is 0.427. The van der Waals surface area contributed by atoms with E-state index in [0.717, 1.165) is 6.42 Å². The maximum atomic E-state index is 14.4. The number of benzene rings is 1. The summed E-state index contributed by atoms with van der Waals surface area (Å²) in [6.45, 7) is 8.18. The molecule has 216 valence electrons. The van der Waals surface area contributed by atoms with Crippen LogP contribution in [0.1, 0.15) is 48.8 Å². The molecule has 2 N–H and O–H groups in total. The number of anilines is 3. The Hall–Kier alpha value is -4.26. The predicted octanol–water partition coefficient (Wildman–Crippen LogP) is 5.65. The van der Waals surface area contributed by atoms with E-state index in [2.05, 4.69) is 25.7 Å². The summed E-state index contributed by atoms with van der Waals surface area (Å²) in [5, 5.41) is 10.9. The van der Waals surface area contributed by atoms with Crippen LogP contribution in [-0.2, 0) is 11.8 Å². The number of aromatic nitrogens is 4. The van der Waals surface area contributed by atoms with E-state index in [0.29, 0.717) is 57.5 Å². The highest BCUT2D eigenvalue weighted by Crippen LogP contribution is 2.37. The molecule has 5 rings (SSSR count). The zero-order valence-electron chi connectivity index (χ0n) is 23.5. The number of hydrogen-bond acceptors (Lipinski definition) is 9. The lowest BCUT2D eigenvalue weighted by atomic mass is 10.1. The minimum absolute atomic E-state index is 0.286. The monoisotopic (exact) mass is 581 g/mol. The number of fused-ring (bicyclic) bond motifs is 1. The van der Waals surface area contributed by atoms with Crippen molar-refractivity contribution in [3.8, 4) is 5.75 Å². The molecule has 1 aromatic carbocycles. The van der Waals surface area contributed by atoms with Gasteiger partial charge >= 0.3 is 6.09 Å².